The van der Waals surface area contributed by atoms with Gasteiger partial charge in [0, 0.05) is 29.2 Å². The van der Waals surface area contributed by atoms with Crippen molar-refractivity contribution >= 4 is 40.8 Å². The molecule has 0 aliphatic rings. The standard InChI is InChI=1S/C35H37N3O8S/c1-3-4-5-6-7-19-45-27-15-11-25(12-16-27)35(43)46-29-17-8-23(22-30(29)44-2)21-28(34(41)42)38-31(39)24-9-13-26(14-10-24)37-32(40)33-36-18-20-47-33/h8-18,20,22,28H,3-7,19,21H2,1-2H3,(H,37,40)(H,38,39)(H,41,42). The van der Waals surface area contributed by atoms with Crippen LogP contribution in [-0.4, -0.2) is 53.6 Å². The summed E-state index contributed by atoms with van der Waals surface area (Å²) in [6.07, 6.45) is 7.17. The summed E-state index contributed by atoms with van der Waals surface area (Å²) < 4.78 is 16.7. The van der Waals surface area contributed by atoms with Crippen LogP contribution in [0.25, 0.3) is 0 Å². The van der Waals surface area contributed by atoms with Crippen molar-refractivity contribution in [2.45, 2.75) is 51.5 Å². The summed E-state index contributed by atoms with van der Waals surface area (Å²) in [5.74, 6) is -1.74. The van der Waals surface area contributed by atoms with Crippen molar-refractivity contribution in [1.82, 2.24) is 10.3 Å². The number of hydrogen-bond acceptors (Lipinski definition) is 9. The van der Waals surface area contributed by atoms with Gasteiger partial charge in [-0.05, 0) is 72.6 Å². The molecule has 1 heterocycles. The van der Waals surface area contributed by atoms with Crippen molar-refractivity contribution in [1.29, 1.82) is 0 Å². The highest BCUT2D eigenvalue weighted by atomic mass is 32.1. The van der Waals surface area contributed by atoms with E-state index in [9.17, 15) is 24.3 Å². The summed E-state index contributed by atoms with van der Waals surface area (Å²) in [5, 5.41) is 17.0. The van der Waals surface area contributed by atoms with Gasteiger partial charge in [-0.25, -0.2) is 14.6 Å². The van der Waals surface area contributed by atoms with Gasteiger partial charge in [0.25, 0.3) is 11.8 Å². The van der Waals surface area contributed by atoms with E-state index in [4.69, 9.17) is 14.2 Å². The molecule has 0 aliphatic carbocycles. The average Bonchev–Trinajstić information content (AvgIpc) is 3.63. The molecule has 1 unspecified atom stereocenters. The molecule has 0 spiro atoms. The molecule has 0 bridgehead atoms. The van der Waals surface area contributed by atoms with Crippen molar-refractivity contribution in [3.05, 3.63) is 100 Å². The number of nitrogens with one attached hydrogen (secondary N) is 2. The number of esters is 1. The highest BCUT2D eigenvalue weighted by molar-refractivity contribution is 7.11. The van der Waals surface area contributed by atoms with Gasteiger partial charge in [-0.3, -0.25) is 9.59 Å². The zero-order valence-corrected chi connectivity index (χ0v) is 27.0. The molecule has 3 N–H and O–H groups in total. The summed E-state index contributed by atoms with van der Waals surface area (Å²) >= 11 is 1.20. The Bertz CT molecular complexity index is 1640. The Morgan fingerprint density at radius 3 is 2.26 bits per heavy atom. The Kier molecular flexibility index (Phi) is 12.9. The van der Waals surface area contributed by atoms with E-state index < -0.39 is 23.9 Å². The Balaban J connectivity index is 1.32. The zero-order chi connectivity index (χ0) is 33.6. The highest BCUT2D eigenvalue weighted by Crippen LogP contribution is 2.30. The number of carbonyl (C=O) groups excluding carboxylic acids is 3. The predicted molar refractivity (Wildman–Crippen MR) is 178 cm³/mol. The second kappa shape index (κ2) is 17.5. The van der Waals surface area contributed by atoms with Gasteiger partial charge in [-0.15, -0.1) is 11.3 Å². The molecular weight excluding hydrogens is 622 g/mol. The zero-order valence-electron chi connectivity index (χ0n) is 26.2. The number of nitrogens with zero attached hydrogens (tertiary/aromatic N) is 1. The fourth-order valence-electron chi connectivity index (χ4n) is 4.57. The molecule has 47 heavy (non-hydrogen) atoms. The van der Waals surface area contributed by atoms with Gasteiger partial charge < -0.3 is 30.0 Å². The number of benzene rings is 3. The van der Waals surface area contributed by atoms with Crippen LogP contribution in [0.5, 0.6) is 17.2 Å². The van der Waals surface area contributed by atoms with Crippen LogP contribution in [0.15, 0.2) is 78.3 Å². The molecule has 0 fully saturated rings. The summed E-state index contributed by atoms with van der Waals surface area (Å²) in [4.78, 5) is 53.9. The fraction of sp³-hybridized carbons (Fsp3) is 0.286. The second-order valence-electron chi connectivity index (χ2n) is 10.6. The molecule has 4 rings (SSSR count). The minimum atomic E-state index is -1.26. The first-order valence-corrected chi connectivity index (χ1v) is 16.1. The molecule has 246 valence electrons. The first-order chi connectivity index (χ1) is 22.8. The normalized spacial score (nSPS) is 11.3. The van der Waals surface area contributed by atoms with E-state index in [-0.39, 0.29) is 29.4 Å². The lowest BCUT2D eigenvalue weighted by Gasteiger charge is -2.16. The molecular formula is C35H37N3O8S. The lowest BCUT2D eigenvalue weighted by atomic mass is 10.0. The molecule has 1 aromatic heterocycles. The van der Waals surface area contributed by atoms with E-state index >= 15 is 0 Å². The van der Waals surface area contributed by atoms with Gasteiger partial charge in [-0.2, -0.15) is 0 Å². The maximum atomic E-state index is 12.9. The fourth-order valence-corrected chi connectivity index (χ4v) is 5.10. The Morgan fingerprint density at radius 1 is 0.872 bits per heavy atom. The maximum Gasteiger partial charge on any atom is 0.343 e. The molecule has 0 radical (unpaired) electrons. The van der Waals surface area contributed by atoms with Crippen LogP contribution in [0, 0.1) is 0 Å². The van der Waals surface area contributed by atoms with E-state index in [0.717, 1.165) is 12.8 Å². The van der Waals surface area contributed by atoms with Crippen molar-refractivity contribution < 1.29 is 38.5 Å². The number of hydrogen-bond donors (Lipinski definition) is 3. The van der Waals surface area contributed by atoms with Crippen LogP contribution in [-0.2, 0) is 11.2 Å². The van der Waals surface area contributed by atoms with Crippen LogP contribution in [0.1, 0.15) is 75.1 Å². The van der Waals surface area contributed by atoms with E-state index in [1.54, 1.807) is 53.9 Å². The predicted octanol–water partition coefficient (Wildman–Crippen LogP) is 6.40. The van der Waals surface area contributed by atoms with E-state index in [1.165, 1.54) is 62.1 Å². The molecule has 12 heteroatoms. The number of rotatable bonds is 17. The number of carboxylic acid groups (broad SMARTS) is 1. The third kappa shape index (κ3) is 10.4. The van der Waals surface area contributed by atoms with Crippen molar-refractivity contribution in [2.75, 3.05) is 19.0 Å². The molecule has 0 saturated carbocycles. The Hall–Kier alpha value is -5.23. The van der Waals surface area contributed by atoms with Gasteiger partial charge in [0.1, 0.15) is 11.8 Å². The number of ether oxygens (including phenoxy) is 3. The molecule has 2 amide bonds. The molecule has 0 saturated heterocycles. The third-order valence-electron chi connectivity index (χ3n) is 7.11. The van der Waals surface area contributed by atoms with Gasteiger partial charge in [0.05, 0.1) is 19.3 Å². The Morgan fingerprint density at radius 2 is 1.60 bits per heavy atom. The third-order valence-corrected chi connectivity index (χ3v) is 7.88. The minimum absolute atomic E-state index is 0.0618. The lowest BCUT2D eigenvalue weighted by Crippen LogP contribution is -2.42. The number of aliphatic carboxylic acids is 1. The van der Waals surface area contributed by atoms with Gasteiger partial charge in [-0.1, -0.05) is 38.7 Å². The summed E-state index contributed by atoms with van der Waals surface area (Å²) in [6.45, 7) is 2.79. The second-order valence-corrected chi connectivity index (χ2v) is 11.5. The monoisotopic (exact) mass is 659 g/mol. The quantitative estimate of drug-likeness (QED) is 0.0664. The molecule has 3 aromatic carbocycles. The number of amides is 2. The highest BCUT2D eigenvalue weighted by Gasteiger charge is 2.23. The van der Waals surface area contributed by atoms with E-state index in [1.807, 2.05) is 0 Å². The smallest absolute Gasteiger partial charge is 0.343 e. The van der Waals surface area contributed by atoms with Crippen LogP contribution < -0.4 is 24.8 Å². The topological polar surface area (TPSA) is 153 Å². The van der Waals surface area contributed by atoms with Crippen molar-refractivity contribution in [3.8, 4) is 17.2 Å². The SMILES string of the molecule is CCCCCCCOc1ccc(C(=O)Oc2ccc(CC(NC(=O)c3ccc(NC(=O)c4nccs4)cc3)C(=O)O)cc2OC)cc1. The number of thiazole rings is 1. The van der Waals surface area contributed by atoms with Crippen LogP contribution in [0.3, 0.4) is 0 Å². The van der Waals surface area contributed by atoms with Crippen LogP contribution in [0.2, 0.25) is 0 Å². The number of aromatic nitrogens is 1. The van der Waals surface area contributed by atoms with Crippen molar-refractivity contribution in [3.63, 3.8) is 0 Å². The Labute approximate surface area is 276 Å². The summed E-state index contributed by atoms with van der Waals surface area (Å²) in [5.41, 5.74) is 1.53. The number of carboxylic acids is 1. The summed E-state index contributed by atoms with van der Waals surface area (Å²) in [7, 11) is 1.41. The first kappa shape index (κ1) is 34.6. The first-order valence-electron chi connectivity index (χ1n) is 15.2. The van der Waals surface area contributed by atoms with Crippen molar-refractivity contribution in [2.24, 2.45) is 0 Å². The number of carbonyl (C=O) groups is 4. The summed E-state index contributed by atoms with van der Waals surface area (Å²) in [6, 6.07) is 16.2. The molecule has 0 aliphatic heterocycles. The van der Waals surface area contributed by atoms with Gasteiger partial charge >= 0.3 is 11.9 Å². The van der Waals surface area contributed by atoms with Gasteiger partial charge in [0.2, 0.25) is 0 Å². The van der Waals surface area contributed by atoms with Crippen LogP contribution >= 0.6 is 11.3 Å². The van der Waals surface area contributed by atoms with Gasteiger partial charge in [0.15, 0.2) is 16.5 Å². The number of methoxy groups -OCH3 is 1. The minimum Gasteiger partial charge on any atom is -0.494 e. The number of anilines is 1. The lowest BCUT2D eigenvalue weighted by molar-refractivity contribution is -0.139. The maximum absolute atomic E-state index is 12.9. The molecule has 4 aromatic rings. The van der Waals surface area contributed by atoms with Crippen LogP contribution in [0.4, 0.5) is 5.69 Å². The van der Waals surface area contributed by atoms with E-state index in [2.05, 4.69) is 22.5 Å². The average molecular weight is 660 g/mol. The molecule has 11 nitrogen and oxygen atoms in total. The van der Waals surface area contributed by atoms with E-state index in [0.29, 0.717) is 34.2 Å². The number of unbranched alkanes of at least 4 members (excludes halogenated alkanes) is 4. The molecule has 1 atom stereocenters. The largest absolute Gasteiger partial charge is 0.494 e.